The molecule has 1 aromatic heterocycles. The van der Waals surface area contributed by atoms with Crippen LogP contribution in [-0.4, -0.2) is 69.2 Å². The molecule has 0 spiro atoms. The Morgan fingerprint density at radius 1 is 1.13 bits per heavy atom. The maximum Gasteiger partial charge on any atom is 0.227 e. The van der Waals surface area contributed by atoms with Crippen molar-refractivity contribution >= 4 is 23.5 Å². The number of carbonyl (C=O) groups excluding carboxylic acids is 1. The van der Waals surface area contributed by atoms with Crippen LogP contribution in [0.5, 0.6) is 0 Å². The highest BCUT2D eigenvalue weighted by Crippen LogP contribution is 2.15. The smallest absolute Gasteiger partial charge is 0.227 e. The van der Waals surface area contributed by atoms with Gasteiger partial charge in [0.05, 0.1) is 6.42 Å². The summed E-state index contributed by atoms with van der Waals surface area (Å²) in [4.78, 5) is 21.7. The van der Waals surface area contributed by atoms with E-state index in [1.54, 1.807) is 0 Å². The van der Waals surface area contributed by atoms with E-state index in [1.165, 1.54) is 12.8 Å². The molecule has 3 heterocycles. The lowest BCUT2D eigenvalue weighted by Gasteiger charge is -2.36. The topological polar surface area (TPSA) is 78.7 Å². The SMILES string of the molecule is CCNC(=NCc1nnc2n1CCCC2)N1CCN(C(=O)Cc2cccc(Cl)c2)CC1. The number of halogens is 1. The summed E-state index contributed by atoms with van der Waals surface area (Å²) in [6, 6.07) is 7.51. The number of hydrogen-bond acceptors (Lipinski definition) is 4. The number of benzene rings is 1. The molecule has 0 unspecified atom stereocenters. The molecule has 0 aliphatic carbocycles. The van der Waals surface area contributed by atoms with Crippen molar-refractivity contribution < 1.29 is 4.79 Å². The molecule has 8 nitrogen and oxygen atoms in total. The van der Waals surface area contributed by atoms with Crippen LogP contribution in [0.25, 0.3) is 0 Å². The van der Waals surface area contributed by atoms with Crippen LogP contribution in [0.1, 0.15) is 37.0 Å². The van der Waals surface area contributed by atoms with E-state index in [-0.39, 0.29) is 5.91 Å². The number of aromatic nitrogens is 3. The highest BCUT2D eigenvalue weighted by atomic mass is 35.5. The summed E-state index contributed by atoms with van der Waals surface area (Å²) >= 11 is 6.04. The van der Waals surface area contributed by atoms with Gasteiger partial charge in [-0.1, -0.05) is 23.7 Å². The van der Waals surface area contributed by atoms with E-state index in [1.807, 2.05) is 29.2 Å². The molecule has 1 saturated heterocycles. The molecule has 1 fully saturated rings. The molecule has 9 heteroatoms. The molecule has 0 bridgehead atoms. The number of aliphatic imine (C=N–C) groups is 1. The second-order valence-electron chi connectivity index (χ2n) is 7.99. The van der Waals surface area contributed by atoms with Crippen molar-refractivity contribution in [2.24, 2.45) is 4.99 Å². The van der Waals surface area contributed by atoms with Gasteiger partial charge in [0.15, 0.2) is 11.8 Å². The Balaban J connectivity index is 1.34. The molecule has 0 saturated carbocycles. The molecule has 2 aliphatic heterocycles. The number of rotatable bonds is 5. The number of nitrogens with one attached hydrogen (secondary N) is 1. The van der Waals surface area contributed by atoms with E-state index in [2.05, 4.69) is 31.9 Å². The number of nitrogens with zero attached hydrogens (tertiary/aromatic N) is 6. The van der Waals surface area contributed by atoms with E-state index < -0.39 is 0 Å². The highest BCUT2D eigenvalue weighted by Gasteiger charge is 2.23. The molecule has 1 aromatic carbocycles. The molecule has 31 heavy (non-hydrogen) atoms. The summed E-state index contributed by atoms with van der Waals surface area (Å²) in [5.74, 6) is 3.02. The molecule has 4 rings (SSSR count). The second kappa shape index (κ2) is 10.1. The van der Waals surface area contributed by atoms with Gasteiger partial charge in [-0.2, -0.15) is 0 Å². The van der Waals surface area contributed by atoms with Crippen LogP contribution in [0.4, 0.5) is 0 Å². The lowest BCUT2D eigenvalue weighted by Crippen LogP contribution is -2.54. The van der Waals surface area contributed by atoms with Crippen LogP contribution in [0, 0.1) is 0 Å². The average molecular weight is 444 g/mol. The van der Waals surface area contributed by atoms with E-state index in [9.17, 15) is 4.79 Å². The van der Waals surface area contributed by atoms with Crippen molar-refractivity contribution in [2.75, 3.05) is 32.7 Å². The minimum absolute atomic E-state index is 0.138. The van der Waals surface area contributed by atoms with Crippen LogP contribution in [0.2, 0.25) is 5.02 Å². The zero-order valence-electron chi connectivity index (χ0n) is 18.1. The number of amides is 1. The van der Waals surface area contributed by atoms with Crippen molar-refractivity contribution in [1.29, 1.82) is 0 Å². The first-order chi connectivity index (χ1) is 15.1. The van der Waals surface area contributed by atoms with Crippen LogP contribution in [0.3, 0.4) is 0 Å². The molecule has 2 aromatic rings. The fraction of sp³-hybridized carbons (Fsp3) is 0.545. The Labute approximate surface area is 188 Å². The van der Waals surface area contributed by atoms with Crippen molar-refractivity contribution in [3.8, 4) is 0 Å². The standard InChI is InChI=1S/C22H30ClN7O/c1-2-24-22(25-16-20-27-26-19-8-3-4-9-30(19)20)29-12-10-28(11-13-29)21(31)15-17-6-5-7-18(23)14-17/h5-7,14H,2-4,8-13,15-16H2,1H3,(H,24,25). The second-order valence-corrected chi connectivity index (χ2v) is 8.42. The van der Waals surface area contributed by atoms with Crippen LogP contribution < -0.4 is 5.32 Å². The highest BCUT2D eigenvalue weighted by molar-refractivity contribution is 6.30. The molecular weight excluding hydrogens is 414 g/mol. The molecule has 1 N–H and O–H groups in total. The summed E-state index contributed by atoms with van der Waals surface area (Å²) in [6.45, 7) is 7.24. The number of carbonyl (C=O) groups is 1. The van der Waals surface area contributed by atoms with E-state index in [0.29, 0.717) is 31.1 Å². The number of guanidine groups is 1. The van der Waals surface area contributed by atoms with E-state index >= 15 is 0 Å². The number of hydrogen-bond donors (Lipinski definition) is 1. The van der Waals surface area contributed by atoms with Crippen molar-refractivity contribution in [3.63, 3.8) is 0 Å². The zero-order chi connectivity index (χ0) is 21.6. The monoisotopic (exact) mass is 443 g/mol. The Bertz CT molecular complexity index is 934. The average Bonchev–Trinajstić information content (AvgIpc) is 3.20. The Morgan fingerprint density at radius 3 is 2.71 bits per heavy atom. The number of piperazine rings is 1. The Hall–Kier alpha value is -2.61. The van der Waals surface area contributed by atoms with E-state index in [0.717, 1.165) is 55.8 Å². The first-order valence-electron chi connectivity index (χ1n) is 11.1. The molecule has 0 atom stereocenters. The van der Waals surface area contributed by atoms with Crippen molar-refractivity contribution in [3.05, 3.63) is 46.5 Å². The van der Waals surface area contributed by atoms with Gasteiger partial charge in [-0.3, -0.25) is 4.79 Å². The third kappa shape index (κ3) is 5.36. The third-order valence-electron chi connectivity index (χ3n) is 5.82. The number of fused-ring (bicyclic) bond motifs is 1. The molecule has 2 aliphatic rings. The molecule has 166 valence electrons. The maximum atomic E-state index is 12.7. The van der Waals surface area contributed by atoms with Gasteiger partial charge in [0.2, 0.25) is 5.91 Å². The summed E-state index contributed by atoms with van der Waals surface area (Å²) in [5.41, 5.74) is 0.950. The minimum Gasteiger partial charge on any atom is -0.357 e. The molecule has 0 radical (unpaired) electrons. The first-order valence-corrected chi connectivity index (χ1v) is 11.5. The third-order valence-corrected chi connectivity index (χ3v) is 6.05. The van der Waals surface area contributed by atoms with Gasteiger partial charge < -0.3 is 19.7 Å². The fourth-order valence-electron chi connectivity index (χ4n) is 4.16. The lowest BCUT2D eigenvalue weighted by molar-refractivity contribution is -0.131. The van der Waals surface area contributed by atoms with E-state index in [4.69, 9.17) is 16.6 Å². The predicted octanol–water partition coefficient (Wildman–Crippen LogP) is 2.12. The predicted molar refractivity (Wildman–Crippen MR) is 121 cm³/mol. The van der Waals surface area contributed by atoms with Gasteiger partial charge in [0.25, 0.3) is 0 Å². The van der Waals surface area contributed by atoms with Gasteiger partial charge in [0.1, 0.15) is 12.4 Å². The maximum absolute atomic E-state index is 12.7. The van der Waals surface area contributed by atoms with Crippen molar-refractivity contribution in [2.45, 2.75) is 45.7 Å². The van der Waals surface area contributed by atoms with Gasteiger partial charge in [0, 0.05) is 50.7 Å². The van der Waals surface area contributed by atoms with Crippen LogP contribution in [-0.2, 0) is 30.7 Å². The largest absolute Gasteiger partial charge is 0.357 e. The summed E-state index contributed by atoms with van der Waals surface area (Å²) in [6.07, 6.45) is 3.74. The van der Waals surface area contributed by atoms with Gasteiger partial charge in [-0.05, 0) is 37.5 Å². The molecular formula is C22H30ClN7O. The summed E-state index contributed by atoms with van der Waals surface area (Å²) in [5, 5.41) is 12.7. The number of aryl methyl sites for hydroxylation is 1. The summed E-state index contributed by atoms with van der Waals surface area (Å²) in [7, 11) is 0. The minimum atomic E-state index is 0.138. The van der Waals surface area contributed by atoms with Crippen molar-refractivity contribution in [1.82, 2.24) is 29.9 Å². The molecule has 1 amide bonds. The van der Waals surface area contributed by atoms with Crippen LogP contribution >= 0.6 is 11.6 Å². The van der Waals surface area contributed by atoms with Crippen LogP contribution in [0.15, 0.2) is 29.3 Å². The lowest BCUT2D eigenvalue weighted by atomic mass is 10.1. The first kappa shape index (κ1) is 21.6. The summed E-state index contributed by atoms with van der Waals surface area (Å²) < 4.78 is 2.21. The Kier molecular flexibility index (Phi) is 7.06. The zero-order valence-corrected chi connectivity index (χ0v) is 18.8. The normalized spacial score (nSPS) is 16.9. The Morgan fingerprint density at radius 2 is 1.94 bits per heavy atom. The quantitative estimate of drug-likeness (QED) is 0.565. The van der Waals surface area contributed by atoms with Gasteiger partial charge >= 0.3 is 0 Å². The van der Waals surface area contributed by atoms with Gasteiger partial charge in [-0.15, -0.1) is 10.2 Å². The fourth-order valence-corrected chi connectivity index (χ4v) is 4.37. The van der Waals surface area contributed by atoms with Gasteiger partial charge in [-0.25, -0.2) is 4.99 Å².